The Morgan fingerprint density at radius 3 is 1.37 bits per heavy atom. The van der Waals surface area contributed by atoms with Crippen molar-refractivity contribution in [3.63, 3.8) is 0 Å². The van der Waals surface area contributed by atoms with Gasteiger partial charge in [-0.15, -0.1) is 0 Å². The van der Waals surface area contributed by atoms with Gasteiger partial charge >= 0.3 is 0 Å². The first-order valence-corrected chi connectivity index (χ1v) is 20.3. The van der Waals surface area contributed by atoms with Crippen LogP contribution in [0.25, 0.3) is 111 Å². The molecule has 0 fully saturated rings. The van der Waals surface area contributed by atoms with E-state index in [1.54, 1.807) is 0 Å². The van der Waals surface area contributed by atoms with E-state index < -0.39 is 0 Å². The number of hydrogen-bond donors (Lipinski definition) is 0. The molecule has 10 aromatic carbocycles. The first kappa shape index (κ1) is 35.2. The third-order valence-corrected chi connectivity index (χ3v) is 11.5. The van der Waals surface area contributed by atoms with Gasteiger partial charge in [-0.05, 0) is 83.6 Å². The Morgan fingerprint density at radius 2 is 0.650 bits per heavy atom. The highest BCUT2D eigenvalue weighted by Gasteiger charge is 2.18. The van der Waals surface area contributed by atoms with Crippen LogP contribution in [-0.2, 0) is 0 Å². The maximum atomic E-state index is 5.34. The van der Waals surface area contributed by atoms with Crippen LogP contribution in [0.1, 0.15) is 0 Å². The number of benzene rings is 10. The zero-order valence-electron chi connectivity index (χ0n) is 32.7. The minimum Gasteiger partial charge on any atom is -0.208 e. The van der Waals surface area contributed by atoms with Gasteiger partial charge in [0.05, 0.1) is 0 Å². The Bertz CT molecular complexity index is 3350. The van der Waals surface area contributed by atoms with E-state index in [1.807, 2.05) is 6.07 Å². The number of rotatable bonds is 7. The highest BCUT2D eigenvalue weighted by molar-refractivity contribution is 6.07. The van der Waals surface area contributed by atoms with Gasteiger partial charge in [0.1, 0.15) is 0 Å². The smallest absolute Gasteiger partial charge is 0.164 e. The van der Waals surface area contributed by atoms with E-state index >= 15 is 0 Å². The lowest BCUT2D eigenvalue weighted by molar-refractivity contribution is 1.08. The fraction of sp³-hybridized carbons (Fsp3) is 0. The molecule has 0 bridgehead atoms. The molecule has 0 amide bonds. The normalized spacial score (nSPS) is 11.3. The summed E-state index contributed by atoms with van der Waals surface area (Å²) < 4.78 is 0. The first-order valence-electron chi connectivity index (χ1n) is 20.3. The van der Waals surface area contributed by atoms with E-state index in [2.05, 4.69) is 218 Å². The van der Waals surface area contributed by atoms with E-state index in [9.17, 15) is 0 Å². The average molecular weight is 764 g/mol. The molecule has 0 aliphatic heterocycles. The van der Waals surface area contributed by atoms with Gasteiger partial charge in [-0.2, -0.15) is 0 Å². The second kappa shape index (κ2) is 15.1. The van der Waals surface area contributed by atoms with Gasteiger partial charge in [-0.1, -0.05) is 212 Å². The zero-order valence-corrected chi connectivity index (χ0v) is 32.7. The Hall–Kier alpha value is -8.01. The molecule has 11 rings (SSSR count). The molecule has 60 heavy (non-hydrogen) atoms. The van der Waals surface area contributed by atoms with Crippen LogP contribution in [0.4, 0.5) is 0 Å². The van der Waals surface area contributed by atoms with Crippen LogP contribution in [0.15, 0.2) is 224 Å². The lowest BCUT2D eigenvalue weighted by Crippen LogP contribution is -2.01. The topological polar surface area (TPSA) is 38.7 Å². The summed E-state index contributed by atoms with van der Waals surface area (Å²) in [6.45, 7) is 0. The fourth-order valence-electron chi connectivity index (χ4n) is 8.57. The maximum absolute atomic E-state index is 5.34. The second-order valence-corrected chi connectivity index (χ2v) is 15.2. The summed E-state index contributed by atoms with van der Waals surface area (Å²) in [6.07, 6.45) is 0. The van der Waals surface area contributed by atoms with Gasteiger partial charge in [0.2, 0.25) is 0 Å². The zero-order chi connectivity index (χ0) is 39.8. The predicted molar refractivity (Wildman–Crippen MR) is 250 cm³/mol. The van der Waals surface area contributed by atoms with Crippen molar-refractivity contribution in [2.45, 2.75) is 0 Å². The molecule has 0 aliphatic rings. The third kappa shape index (κ3) is 6.49. The Kier molecular flexibility index (Phi) is 8.83. The maximum Gasteiger partial charge on any atom is 0.164 e. The molecule has 0 spiro atoms. The summed E-state index contributed by atoms with van der Waals surface area (Å²) in [5, 5.41) is 6.98. The summed E-state index contributed by atoms with van der Waals surface area (Å²) in [7, 11) is 0. The van der Waals surface area contributed by atoms with Gasteiger partial charge in [0.15, 0.2) is 17.5 Å². The van der Waals surface area contributed by atoms with Crippen LogP contribution in [0.3, 0.4) is 0 Å². The molecule has 0 saturated heterocycles. The van der Waals surface area contributed by atoms with Crippen molar-refractivity contribution in [1.82, 2.24) is 15.0 Å². The molecule has 0 unspecified atom stereocenters. The lowest BCUT2D eigenvalue weighted by Gasteiger charge is -2.14. The van der Waals surface area contributed by atoms with E-state index in [0.717, 1.165) is 60.5 Å². The van der Waals surface area contributed by atoms with Crippen LogP contribution in [0, 0.1) is 0 Å². The molecule has 3 heteroatoms. The monoisotopic (exact) mass is 763 g/mol. The SMILES string of the molecule is c1ccc(-c2ccc(-c3cccc(-c4nc(-c5ccc6cccc(-c7cccc8ccccc78)c6c5)nc(-c5cccc6cccc(-c7ccccc7)c56)n4)c3)cc2)cc1. The summed E-state index contributed by atoms with van der Waals surface area (Å²) >= 11 is 0. The van der Waals surface area contributed by atoms with Crippen LogP contribution in [0.5, 0.6) is 0 Å². The van der Waals surface area contributed by atoms with Crippen molar-refractivity contribution in [2.75, 3.05) is 0 Å². The molecule has 0 aliphatic carbocycles. The Morgan fingerprint density at radius 1 is 0.217 bits per heavy atom. The molecule has 0 saturated carbocycles. The lowest BCUT2D eigenvalue weighted by atomic mass is 9.93. The van der Waals surface area contributed by atoms with Crippen LogP contribution >= 0.6 is 0 Å². The van der Waals surface area contributed by atoms with E-state index in [4.69, 9.17) is 15.0 Å². The molecule has 0 atom stereocenters. The van der Waals surface area contributed by atoms with Crippen molar-refractivity contribution < 1.29 is 0 Å². The molecule has 1 aromatic heterocycles. The highest BCUT2D eigenvalue weighted by atomic mass is 15.0. The molecule has 280 valence electrons. The van der Waals surface area contributed by atoms with Crippen LogP contribution in [-0.4, -0.2) is 15.0 Å². The minimum atomic E-state index is 0.620. The third-order valence-electron chi connectivity index (χ3n) is 11.5. The van der Waals surface area contributed by atoms with Gasteiger partial charge in [0.25, 0.3) is 0 Å². The largest absolute Gasteiger partial charge is 0.208 e. The summed E-state index contributed by atoms with van der Waals surface area (Å²) in [5.41, 5.74) is 12.1. The molecular formula is C57H37N3. The number of fused-ring (bicyclic) bond motifs is 3. The summed E-state index contributed by atoms with van der Waals surface area (Å²) in [5.74, 6) is 1.87. The van der Waals surface area contributed by atoms with Crippen molar-refractivity contribution in [3.05, 3.63) is 224 Å². The molecule has 3 nitrogen and oxygen atoms in total. The number of aromatic nitrogens is 3. The Labute approximate surface area is 349 Å². The summed E-state index contributed by atoms with van der Waals surface area (Å²) in [6, 6.07) is 79.5. The number of hydrogen-bond acceptors (Lipinski definition) is 3. The van der Waals surface area contributed by atoms with Crippen molar-refractivity contribution >= 4 is 32.3 Å². The molecule has 0 N–H and O–H groups in total. The van der Waals surface area contributed by atoms with Gasteiger partial charge in [-0.25, -0.2) is 15.0 Å². The molecular weight excluding hydrogens is 727 g/mol. The fourth-order valence-corrected chi connectivity index (χ4v) is 8.57. The van der Waals surface area contributed by atoms with Crippen LogP contribution in [0.2, 0.25) is 0 Å². The Balaban J connectivity index is 1.10. The highest BCUT2D eigenvalue weighted by Crippen LogP contribution is 2.39. The standard InChI is InChI=1S/C57H37N3/c1-3-14-38(15-4-1)39-30-32-40(33-31-39)45-23-9-24-46(36-45)55-58-56(60-57(59-55)52-29-13-22-44-21-12-26-49(54(44)52)42-16-5-2-6-17-42)47-35-34-43-20-11-28-51(53(43)37-47)50-27-10-19-41-18-7-8-25-48(41)50/h1-37H. The van der Waals surface area contributed by atoms with E-state index in [1.165, 1.54) is 33.0 Å². The molecule has 11 aromatic rings. The van der Waals surface area contributed by atoms with E-state index in [0.29, 0.717) is 17.5 Å². The van der Waals surface area contributed by atoms with Gasteiger partial charge < -0.3 is 0 Å². The second-order valence-electron chi connectivity index (χ2n) is 15.2. The van der Waals surface area contributed by atoms with Gasteiger partial charge in [-0.3, -0.25) is 0 Å². The molecule has 1 heterocycles. The first-order chi connectivity index (χ1) is 29.7. The average Bonchev–Trinajstić information content (AvgIpc) is 3.33. The molecule has 0 radical (unpaired) electrons. The van der Waals surface area contributed by atoms with Gasteiger partial charge in [0, 0.05) is 22.1 Å². The predicted octanol–water partition coefficient (Wildman–Crippen LogP) is 15.0. The van der Waals surface area contributed by atoms with Crippen molar-refractivity contribution in [2.24, 2.45) is 0 Å². The van der Waals surface area contributed by atoms with E-state index in [-0.39, 0.29) is 0 Å². The van der Waals surface area contributed by atoms with Crippen molar-refractivity contribution in [1.29, 1.82) is 0 Å². The minimum absolute atomic E-state index is 0.620. The number of nitrogens with zero attached hydrogens (tertiary/aromatic N) is 3. The van der Waals surface area contributed by atoms with Crippen molar-refractivity contribution in [3.8, 4) is 78.7 Å². The quantitative estimate of drug-likeness (QED) is 0.162. The van der Waals surface area contributed by atoms with Crippen LogP contribution < -0.4 is 0 Å². The summed E-state index contributed by atoms with van der Waals surface area (Å²) in [4.78, 5) is 15.9.